The second-order valence-electron chi connectivity index (χ2n) is 11.6. The van der Waals surface area contributed by atoms with Crippen molar-refractivity contribution in [2.45, 2.75) is 23.7 Å². The number of amides is 3. The van der Waals surface area contributed by atoms with Gasteiger partial charge in [0.15, 0.2) is 5.13 Å². The SMILES string of the molecule is CC(Sc1cccc(NC(=O)/C(=C/c2ccc(OCc3ccccc3)cc2)NC(=O)c2ccccc2)c1)C(=O)Nc1nc(-c2ccc(Cl)cc2Cl)cs1. The van der Waals surface area contributed by atoms with Crippen molar-refractivity contribution < 1.29 is 19.1 Å². The lowest BCUT2D eigenvalue weighted by Gasteiger charge is -2.14. The lowest BCUT2D eigenvalue weighted by Crippen LogP contribution is -2.30. The summed E-state index contributed by atoms with van der Waals surface area (Å²) in [5, 5.41) is 11.3. The minimum atomic E-state index is -0.521. The van der Waals surface area contributed by atoms with E-state index >= 15 is 0 Å². The van der Waals surface area contributed by atoms with Crippen molar-refractivity contribution in [3.05, 3.63) is 165 Å². The summed E-state index contributed by atoms with van der Waals surface area (Å²) in [7, 11) is 0. The average Bonchev–Trinajstić information content (AvgIpc) is 3.63. The van der Waals surface area contributed by atoms with E-state index in [1.165, 1.54) is 23.1 Å². The number of thiazole rings is 1. The van der Waals surface area contributed by atoms with Crippen molar-refractivity contribution in [3.8, 4) is 17.0 Å². The fourth-order valence-electron chi connectivity index (χ4n) is 4.97. The highest BCUT2D eigenvalue weighted by atomic mass is 35.5. The van der Waals surface area contributed by atoms with Crippen molar-refractivity contribution in [2.75, 3.05) is 10.6 Å². The Bertz CT molecular complexity index is 2250. The van der Waals surface area contributed by atoms with Crippen molar-refractivity contribution in [2.24, 2.45) is 0 Å². The molecule has 6 aromatic rings. The van der Waals surface area contributed by atoms with E-state index in [2.05, 4.69) is 20.9 Å². The highest BCUT2D eigenvalue weighted by molar-refractivity contribution is 8.00. The van der Waals surface area contributed by atoms with Crippen molar-refractivity contribution in [1.82, 2.24) is 10.3 Å². The zero-order valence-electron chi connectivity index (χ0n) is 28.2. The monoisotopic (exact) mass is 778 g/mol. The molecule has 0 bridgehead atoms. The van der Waals surface area contributed by atoms with Crippen LogP contribution in [0.15, 0.2) is 143 Å². The van der Waals surface area contributed by atoms with Crippen molar-refractivity contribution in [1.29, 1.82) is 0 Å². The topological polar surface area (TPSA) is 109 Å². The Balaban J connectivity index is 1.11. The van der Waals surface area contributed by atoms with E-state index in [1.807, 2.05) is 72.1 Å². The molecule has 12 heteroatoms. The van der Waals surface area contributed by atoms with Gasteiger partial charge in [-0.1, -0.05) is 89.9 Å². The number of anilines is 2. The molecule has 0 aliphatic carbocycles. The Morgan fingerprint density at radius 2 is 1.58 bits per heavy atom. The molecule has 1 heterocycles. The first-order valence-corrected chi connectivity index (χ1v) is 18.9. The van der Waals surface area contributed by atoms with Gasteiger partial charge in [0.25, 0.3) is 11.8 Å². The molecule has 1 unspecified atom stereocenters. The van der Waals surface area contributed by atoms with Crippen LogP contribution in [0.1, 0.15) is 28.4 Å². The lowest BCUT2D eigenvalue weighted by molar-refractivity contribution is -0.115. The summed E-state index contributed by atoms with van der Waals surface area (Å²) < 4.78 is 5.90. The molecule has 0 saturated carbocycles. The summed E-state index contributed by atoms with van der Waals surface area (Å²) in [6, 6.07) is 38.0. The van der Waals surface area contributed by atoms with Gasteiger partial charge in [-0.05, 0) is 84.8 Å². The number of thioether (sulfide) groups is 1. The maximum absolute atomic E-state index is 13.7. The summed E-state index contributed by atoms with van der Waals surface area (Å²) in [6.07, 6.45) is 1.60. The number of nitrogens with one attached hydrogen (secondary N) is 3. The normalized spacial score (nSPS) is 11.7. The van der Waals surface area contributed by atoms with Crippen LogP contribution in [0.3, 0.4) is 0 Å². The van der Waals surface area contributed by atoms with Gasteiger partial charge in [0.05, 0.1) is 16.0 Å². The second-order valence-corrected chi connectivity index (χ2v) is 14.7. The summed E-state index contributed by atoms with van der Waals surface area (Å²) in [5.41, 5.74) is 4.02. The van der Waals surface area contributed by atoms with Crippen LogP contribution in [0.2, 0.25) is 10.0 Å². The Kier molecular flexibility index (Phi) is 12.6. The second kappa shape index (κ2) is 17.9. The van der Waals surface area contributed by atoms with E-state index in [0.717, 1.165) is 10.5 Å². The van der Waals surface area contributed by atoms with E-state index in [-0.39, 0.29) is 11.6 Å². The molecule has 53 heavy (non-hydrogen) atoms. The first-order chi connectivity index (χ1) is 25.7. The summed E-state index contributed by atoms with van der Waals surface area (Å²) in [6.45, 7) is 2.21. The molecule has 266 valence electrons. The van der Waals surface area contributed by atoms with E-state index in [1.54, 1.807) is 73.7 Å². The van der Waals surface area contributed by atoms with Crippen LogP contribution in [0.25, 0.3) is 17.3 Å². The minimum Gasteiger partial charge on any atom is -0.489 e. The van der Waals surface area contributed by atoms with Crippen LogP contribution in [0.5, 0.6) is 5.75 Å². The Hall–Kier alpha value is -5.39. The fourth-order valence-corrected chi connectivity index (χ4v) is 7.12. The van der Waals surface area contributed by atoms with Gasteiger partial charge < -0.3 is 20.7 Å². The number of carbonyl (C=O) groups excluding carboxylic acids is 3. The highest BCUT2D eigenvalue weighted by Crippen LogP contribution is 2.33. The number of nitrogens with zero attached hydrogens (tertiary/aromatic N) is 1. The Morgan fingerprint density at radius 3 is 2.32 bits per heavy atom. The van der Waals surface area contributed by atoms with Crippen LogP contribution in [-0.4, -0.2) is 28.0 Å². The first kappa shape index (κ1) is 37.4. The molecule has 8 nitrogen and oxygen atoms in total. The lowest BCUT2D eigenvalue weighted by atomic mass is 10.1. The molecule has 0 radical (unpaired) electrons. The van der Waals surface area contributed by atoms with Gasteiger partial charge >= 0.3 is 0 Å². The number of rotatable bonds is 13. The van der Waals surface area contributed by atoms with Crippen molar-refractivity contribution in [3.63, 3.8) is 0 Å². The maximum atomic E-state index is 13.7. The number of aromatic nitrogens is 1. The number of carbonyl (C=O) groups is 3. The van der Waals surface area contributed by atoms with Crippen LogP contribution in [-0.2, 0) is 16.2 Å². The van der Waals surface area contributed by atoms with Gasteiger partial charge in [-0.15, -0.1) is 23.1 Å². The quantitative estimate of drug-likeness (QED) is 0.0796. The van der Waals surface area contributed by atoms with Crippen LogP contribution >= 0.6 is 46.3 Å². The van der Waals surface area contributed by atoms with E-state index in [4.69, 9.17) is 27.9 Å². The third-order valence-corrected chi connectivity index (χ3v) is 10.1. The van der Waals surface area contributed by atoms with Gasteiger partial charge in [-0.2, -0.15) is 0 Å². The number of ether oxygens (including phenoxy) is 1. The molecule has 0 aliphatic heterocycles. The van der Waals surface area contributed by atoms with Gasteiger partial charge in [-0.3, -0.25) is 14.4 Å². The largest absolute Gasteiger partial charge is 0.489 e. The van der Waals surface area contributed by atoms with Crippen LogP contribution in [0.4, 0.5) is 10.8 Å². The number of halogens is 2. The Labute approximate surface area is 325 Å². The molecule has 0 fully saturated rings. The summed E-state index contributed by atoms with van der Waals surface area (Å²) in [5.74, 6) is -0.519. The molecule has 3 N–H and O–H groups in total. The maximum Gasteiger partial charge on any atom is 0.272 e. The van der Waals surface area contributed by atoms with Crippen molar-refractivity contribution >= 4 is 80.9 Å². The number of hydrogen-bond acceptors (Lipinski definition) is 7. The number of benzene rings is 5. The molecule has 0 aliphatic rings. The minimum absolute atomic E-state index is 0.0466. The molecule has 1 atom stereocenters. The smallest absolute Gasteiger partial charge is 0.272 e. The van der Waals surface area contributed by atoms with E-state index in [0.29, 0.717) is 55.6 Å². The molecule has 1 aromatic heterocycles. The van der Waals surface area contributed by atoms with Gasteiger partial charge in [-0.25, -0.2) is 4.98 Å². The van der Waals surface area contributed by atoms with E-state index in [9.17, 15) is 14.4 Å². The third kappa shape index (κ3) is 10.6. The summed E-state index contributed by atoms with van der Waals surface area (Å²) >= 11 is 15.0. The Morgan fingerprint density at radius 1 is 0.849 bits per heavy atom. The average molecular weight is 780 g/mol. The molecule has 5 aromatic carbocycles. The molecule has 3 amide bonds. The molecular formula is C41H32Cl2N4O4S2. The molecular weight excluding hydrogens is 748 g/mol. The van der Waals surface area contributed by atoms with E-state index < -0.39 is 17.1 Å². The number of hydrogen-bond donors (Lipinski definition) is 3. The summed E-state index contributed by atoms with van der Waals surface area (Å²) in [4.78, 5) is 45.2. The first-order valence-electron chi connectivity index (χ1n) is 16.3. The molecule has 0 saturated heterocycles. The predicted molar refractivity (Wildman–Crippen MR) is 216 cm³/mol. The zero-order chi connectivity index (χ0) is 37.2. The zero-order valence-corrected chi connectivity index (χ0v) is 31.4. The highest BCUT2D eigenvalue weighted by Gasteiger charge is 2.19. The standard InChI is InChI=1S/C41H32Cl2N4O4S2/c1-26(38(48)47-41-46-37(25-52-41)34-20-17-30(42)22-35(34)43)53-33-14-8-13-31(23-33)44-40(50)36(45-39(49)29-11-6-3-7-12-29)21-27-15-18-32(19-16-27)51-24-28-9-4-2-5-10-28/h2-23,25-26H,24H2,1H3,(H,44,50)(H,45,49)(H,46,47,48)/b36-21-. The van der Waals surface area contributed by atoms with Gasteiger partial charge in [0.2, 0.25) is 5.91 Å². The van der Waals surface area contributed by atoms with Crippen LogP contribution < -0.4 is 20.7 Å². The predicted octanol–water partition coefficient (Wildman–Crippen LogP) is 10.2. The molecule has 6 rings (SSSR count). The fraction of sp³-hybridized carbons (Fsp3) is 0.0732. The van der Waals surface area contributed by atoms with Gasteiger partial charge in [0, 0.05) is 32.1 Å². The van der Waals surface area contributed by atoms with Crippen LogP contribution in [0, 0.1) is 0 Å². The molecule has 0 spiro atoms. The third-order valence-electron chi connectivity index (χ3n) is 7.68. The van der Waals surface area contributed by atoms with Gasteiger partial charge in [0.1, 0.15) is 18.1 Å².